The molecule has 0 fully saturated rings. The van der Waals surface area contributed by atoms with E-state index in [1.165, 1.54) is 6.08 Å². The zero-order chi connectivity index (χ0) is 15.2. The van der Waals surface area contributed by atoms with Gasteiger partial charge in [-0.05, 0) is 36.4 Å². The molecule has 6 heteroatoms. The highest BCUT2D eigenvalue weighted by Gasteiger charge is 2.17. The number of hydrogen-bond donors (Lipinski definition) is 1. The van der Waals surface area contributed by atoms with Gasteiger partial charge in [0, 0.05) is 25.0 Å². The van der Waals surface area contributed by atoms with Crippen LogP contribution < -0.4 is 5.32 Å². The molecular weight excluding hydrogens is 282 g/mol. The highest BCUT2D eigenvalue weighted by atomic mass is 16.3. The molecule has 0 saturated carbocycles. The number of hydrogen-bond acceptors (Lipinski definition) is 4. The SMILES string of the molecule is O=C(/C=C/c1ccco1)NC[C@@H](c1ccco1)n1cccn1. The first kappa shape index (κ1) is 13.9. The van der Waals surface area contributed by atoms with Crippen LogP contribution in [-0.2, 0) is 4.79 Å². The number of furan rings is 2. The van der Waals surface area contributed by atoms with Gasteiger partial charge in [0.1, 0.15) is 17.6 Å². The fraction of sp³-hybridized carbons (Fsp3) is 0.125. The van der Waals surface area contributed by atoms with Gasteiger partial charge in [0.2, 0.25) is 5.91 Å². The third-order valence-electron chi connectivity index (χ3n) is 3.13. The highest BCUT2D eigenvalue weighted by molar-refractivity contribution is 5.91. The molecule has 0 aliphatic carbocycles. The Morgan fingerprint density at radius 1 is 1.27 bits per heavy atom. The molecule has 22 heavy (non-hydrogen) atoms. The maximum absolute atomic E-state index is 11.9. The first-order valence-corrected chi connectivity index (χ1v) is 6.85. The Labute approximate surface area is 127 Å². The summed E-state index contributed by atoms with van der Waals surface area (Å²) in [5.41, 5.74) is 0. The molecule has 0 spiro atoms. The summed E-state index contributed by atoms with van der Waals surface area (Å²) in [6, 6.07) is 8.85. The van der Waals surface area contributed by atoms with Crippen LogP contribution in [0.25, 0.3) is 6.08 Å². The molecule has 3 aromatic heterocycles. The van der Waals surface area contributed by atoms with Crippen molar-refractivity contribution in [3.05, 3.63) is 72.8 Å². The fourth-order valence-corrected chi connectivity index (χ4v) is 2.07. The van der Waals surface area contributed by atoms with Gasteiger partial charge >= 0.3 is 0 Å². The number of amides is 1. The van der Waals surface area contributed by atoms with Crippen molar-refractivity contribution in [2.45, 2.75) is 6.04 Å². The summed E-state index contributed by atoms with van der Waals surface area (Å²) < 4.78 is 12.3. The minimum Gasteiger partial charge on any atom is -0.467 e. The summed E-state index contributed by atoms with van der Waals surface area (Å²) in [4.78, 5) is 11.9. The maximum atomic E-state index is 11.9. The third-order valence-corrected chi connectivity index (χ3v) is 3.13. The Hall–Kier alpha value is -3.02. The van der Waals surface area contributed by atoms with Gasteiger partial charge in [-0.2, -0.15) is 5.10 Å². The van der Waals surface area contributed by atoms with E-state index in [2.05, 4.69) is 10.4 Å². The van der Waals surface area contributed by atoms with Crippen LogP contribution in [0.3, 0.4) is 0 Å². The van der Waals surface area contributed by atoms with Crippen LogP contribution in [0.2, 0.25) is 0 Å². The number of carbonyl (C=O) groups is 1. The van der Waals surface area contributed by atoms with Gasteiger partial charge < -0.3 is 14.2 Å². The van der Waals surface area contributed by atoms with Crippen molar-refractivity contribution in [2.24, 2.45) is 0 Å². The van der Waals surface area contributed by atoms with E-state index in [0.717, 1.165) is 5.76 Å². The van der Waals surface area contributed by atoms with Gasteiger partial charge in [0.05, 0.1) is 12.5 Å². The molecule has 1 atom stereocenters. The first-order valence-electron chi connectivity index (χ1n) is 6.85. The number of rotatable bonds is 6. The van der Waals surface area contributed by atoms with Gasteiger partial charge in [-0.15, -0.1) is 0 Å². The van der Waals surface area contributed by atoms with E-state index in [-0.39, 0.29) is 11.9 Å². The number of nitrogens with zero attached hydrogens (tertiary/aromatic N) is 2. The summed E-state index contributed by atoms with van der Waals surface area (Å²) in [6.07, 6.45) is 9.73. The van der Waals surface area contributed by atoms with E-state index < -0.39 is 0 Å². The van der Waals surface area contributed by atoms with E-state index in [9.17, 15) is 4.79 Å². The van der Waals surface area contributed by atoms with E-state index in [1.807, 2.05) is 24.4 Å². The maximum Gasteiger partial charge on any atom is 0.244 e. The molecule has 0 radical (unpaired) electrons. The van der Waals surface area contributed by atoms with Gasteiger partial charge in [0.15, 0.2) is 0 Å². The van der Waals surface area contributed by atoms with Crippen molar-refractivity contribution in [1.82, 2.24) is 15.1 Å². The van der Waals surface area contributed by atoms with Crippen LogP contribution in [0.15, 0.2) is 70.2 Å². The second kappa shape index (κ2) is 6.62. The summed E-state index contributed by atoms with van der Waals surface area (Å²) >= 11 is 0. The molecule has 1 amide bonds. The van der Waals surface area contributed by atoms with Crippen LogP contribution >= 0.6 is 0 Å². The Morgan fingerprint density at radius 2 is 2.14 bits per heavy atom. The Kier molecular flexibility index (Phi) is 4.20. The molecule has 6 nitrogen and oxygen atoms in total. The predicted molar refractivity (Wildman–Crippen MR) is 79.8 cm³/mol. The van der Waals surface area contributed by atoms with Gasteiger partial charge in [-0.1, -0.05) is 0 Å². The molecule has 0 bridgehead atoms. The van der Waals surface area contributed by atoms with Gasteiger partial charge in [0.25, 0.3) is 0 Å². The quantitative estimate of drug-likeness (QED) is 0.709. The van der Waals surface area contributed by atoms with Gasteiger partial charge in [-0.3, -0.25) is 9.48 Å². The molecule has 0 aliphatic rings. The molecule has 0 saturated heterocycles. The molecule has 3 heterocycles. The van der Waals surface area contributed by atoms with Crippen LogP contribution in [0.1, 0.15) is 17.6 Å². The van der Waals surface area contributed by atoms with Crippen LogP contribution in [0.4, 0.5) is 0 Å². The number of carbonyl (C=O) groups excluding carboxylic acids is 1. The van der Waals surface area contributed by atoms with Crippen molar-refractivity contribution < 1.29 is 13.6 Å². The zero-order valence-corrected chi connectivity index (χ0v) is 11.8. The lowest BCUT2D eigenvalue weighted by molar-refractivity contribution is -0.116. The molecule has 0 unspecified atom stereocenters. The van der Waals surface area contributed by atoms with Crippen LogP contribution in [0, 0.1) is 0 Å². The summed E-state index contributed by atoms with van der Waals surface area (Å²) in [7, 11) is 0. The molecule has 0 aromatic carbocycles. The largest absolute Gasteiger partial charge is 0.467 e. The number of nitrogens with one attached hydrogen (secondary N) is 1. The van der Waals surface area contributed by atoms with Crippen LogP contribution in [0.5, 0.6) is 0 Å². The second-order valence-corrected chi connectivity index (χ2v) is 4.61. The molecule has 3 rings (SSSR count). The average molecular weight is 297 g/mol. The lowest BCUT2D eigenvalue weighted by Gasteiger charge is -2.15. The molecule has 112 valence electrons. The zero-order valence-electron chi connectivity index (χ0n) is 11.8. The molecular formula is C16H15N3O3. The van der Waals surface area contributed by atoms with E-state index in [0.29, 0.717) is 12.3 Å². The van der Waals surface area contributed by atoms with Crippen LogP contribution in [-0.4, -0.2) is 22.2 Å². The van der Waals surface area contributed by atoms with Crippen molar-refractivity contribution >= 4 is 12.0 Å². The van der Waals surface area contributed by atoms with E-state index in [1.54, 1.807) is 41.6 Å². The topological polar surface area (TPSA) is 73.2 Å². The molecule has 3 aromatic rings. The van der Waals surface area contributed by atoms with Crippen molar-refractivity contribution in [1.29, 1.82) is 0 Å². The summed E-state index contributed by atoms with van der Waals surface area (Å²) in [5, 5.41) is 7.04. The standard InChI is InChI=1S/C16H15N3O3/c20-16(7-6-13-4-1-10-21-13)17-12-14(15-5-2-11-22-15)19-9-3-8-18-19/h1-11,14H,12H2,(H,17,20)/b7-6+/t14-/m0/s1. The first-order chi connectivity index (χ1) is 10.8. The second-order valence-electron chi connectivity index (χ2n) is 4.61. The smallest absolute Gasteiger partial charge is 0.244 e. The van der Waals surface area contributed by atoms with Gasteiger partial charge in [-0.25, -0.2) is 0 Å². The Morgan fingerprint density at radius 3 is 2.82 bits per heavy atom. The number of aromatic nitrogens is 2. The third kappa shape index (κ3) is 3.35. The summed E-state index contributed by atoms with van der Waals surface area (Å²) in [6.45, 7) is 0.372. The molecule has 1 N–H and O–H groups in total. The predicted octanol–water partition coefficient (Wildman–Crippen LogP) is 2.49. The average Bonchev–Trinajstić information content (AvgIpc) is 3.27. The monoisotopic (exact) mass is 297 g/mol. The van der Waals surface area contributed by atoms with Crippen molar-refractivity contribution in [3.8, 4) is 0 Å². The normalized spacial score (nSPS) is 12.5. The van der Waals surface area contributed by atoms with Crippen molar-refractivity contribution in [2.75, 3.05) is 6.54 Å². The lowest BCUT2D eigenvalue weighted by Crippen LogP contribution is -2.30. The minimum atomic E-state index is -0.208. The summed E-state index contributed by atoms with van der Waals surface area (Å²) in [5.74, 6) is 1.16. The highest BCUT2D eigenvalue weighted by Crippen LogP contribution is 2.17. The Balaban J connectivity index is 1.63. The fourth-order valence-electron chi connectivity index (χ4n) is 2.07. The van der Waals surface area contributed by atoms with E-state index in [4.69, 9.17) is 8.83 Å². The minimum absolute atomic E-state index is 0.189. The Bertz CT molecular complexity index is 679. The lowest BCUT2D eigenvalue weighted by atomic mass is 10.2. The van der Waals surface area contributed by atoms with E-state index >= 15 is 0 Å². The van der Waals surface area contributed by atoms with Crippen molar-refractivity contribution in [3.63, 3.8) is 0 Å². The molecule has 0 aliphatic heterocycles.